The molecule has 9 heteroatoms. The number of nitrogens with one attached hydrogen (secondary N) is 2. The second kappa shape index (κ2) is 11.8. The summed E-state index contributed by atoms with van der Waals surface area (Å²) < 4.78 is 15.4. The van der Waals surface area contributed by atoms with E-state index >= 15 is 0 Å². The summed E-state index contributed by atoms with van der Waals surface area (Å²) in [5, 5.41) is 13.5. The van der Waals surface area contributed by atoms with E-state index in [4.69, 9.17) is 14.6 Å². The highest BCUT2D eigenvalue weighted by atomic mass is 16.5. The Labute approximate surface area is 145 Å². The van der Waals surface area contributed by atoms with E-state index in [0.29, 0.717) is 37.8 Å². The second-order valence-corrected chi connectivity index (χ2v) is 4.90. The van der Waals surface area contributed by atoms with Crippen LogP contribution in [0, 0.1) is 0 Å². The molecule has 0 atom stereocenters. The molecule has 0 aliphatic rings. The molecule has 138 valence electrons. The molecule has 0 aliphatic heterocycles. The molecule has 0 aliphatic carbocycles. The Hall–Kier alpha value is -2.65. The van der Waals surface area contributed by atoms with Crippen LogP contribution in [0.2, 0.25) is 0 Å². The number of carbonyl (C=O) groups is 3. The van der Waals surface area contributed by atoms with Crippen molar-refractivity contribution in [2.24, 2.45) is 0 Å². The van der Waals surface area contributed by atoms with Gasteiger partial charge in [0, 0.05) is 19.2 Å². The van der Waals surface area contributed by atoms with Gasteiger partial charge in [0.2, 0.25) is 11.8 Å². The summed E-state index contributed by atoms with van der Waals surface area (Å²) in [5.74, 6) is -1.01. The molecule has 0 spiro atoms. The lowest BCUT2D eigenvalue weighted by atomic mass is 10.3. The lowest BCUT2D eigenvalue weighted by Crippen LogP contribution is -2.31. The number of carbonyl (C=O) groups excluding carboxylic acids is 2. The number of carboxylic acids is 1. The Bertz CT molecular complexity index is 560. The summed E-state index contributed by atoms with van der Waals surface area (Å²) in [4.78, 5) is 32.4. The Morgan fingerprint density at radius 1 is 1.00 bits per heavy atom. The van der Waals surface area contributed by atoms with Gasteiger partial charge in [-0.1, -0.05) is 0 Å². The molecule has 3 N–H and O–H groups in total. The summed E-state index contributed by atoms with van der Waals surface area (Å²) in [5.41, 5.74) is 0.694. The molecule has 0 aromatic heterocycles. The minimum atomic E-state index is -1.12. The average Bonchev–Trinajstić information content (AvgIpc) is 2.54. The molecule has 9 nitrogen and oxygen atoms in total. The van der Waals surface area contributed by atoms with Crippen LogP contribution in [0.1, 0.15) is 6.92 Å². The first-order chi connectivity index (χ1) is 12.0. The van der Waals surface area contributed by atoms with Gasteiger partial charge >= 0.3 is 5.97 Å². The Morgan fingerprint density at radius 3 is 2.36 bits per heavy atom. The van der Waals surface area contributed by atoms with Crippen LogP contribution in [0.15, 0.2) is 24.3 Å². The predicted octanol–water partition coefficient (Wildman–Crippen LogP) is 0.258. The van der Waals surface area contributed by atoms with Gasteiger partial charge in [-0.2, -0.15) is 0 Å². The lowest BCUT2D eigenvalue weighted by Gasteiger charge is -2.09. The maximum Gasteiger partial charge on any atom is 0.329 e. The van der Waals surface area contributed by atoms with E-state index < -0.39 is 18.5 Å². The predicted molar refractivity (Wildman–Crippen MR) is 88.5 cm³/mol. The van der Waals surface area contributed by atoms with Gasteiger partial charge in [-0.25, -0.2) is 4.79 Å². The zero-order valence-electron chi connectivity index (χ0n) is 13.9. The van der Waals surface area contributed by atoms with Crippen molar-refractivity contribution in [3.63, 3.8) is 0 Å². The summed E-state index contributed by atoms with van der Waals surface area (Å²) in [6.07, 6.45) is 0. The number of benzene rings is 1. The summed E-state index contributed by atoms with van der Waals surface area (Å²) >= 11 is 0. The summed E-state index contributed by atoms with van der Waals surface area (Å²) in [7, 11) is 0. The normalized spacial score (nSPS) is 10.1. The standard InChI is InChI=1S/C16H22N2O7/c1-12(19)18-13-2-4-14(5-3-13)25-9-8-23-7-6-17-15(20)10-24-11-16(21)22/h2-5H,6-11H2,1H3,(H,17,20)(H,18,19)(H,21,22). The highest BCUT2D eigenvalue weighted by Gasteiger charge is 2.03. The smallest absolute Gasteiger partial charge is 0.329 e. The van der Waals surface area contributed by atoms with E-state index in [0.717, 1.165) is 0 Å². The first kappa shape index (κ1) is 20.4. The molecule has 0 unspecified atom stereocenters. The molecular weight excluding hydrogens is 332 g/mol. The van der Waals surface area contributed by atoms with Gasteiger partial charge in [0.1, 0.15) is 25.6 Å². The fraction of sp³-hybridized carbons (Fsp3) is 0.438. The quantitative estimate of drug-likeness (QED) is 0.460. The number of rotatable bonds is 12. The molecular formula is C16H22N2O7. The molecule has 0 fully saturated rings. The fourth-order valence-corrected chi connectivity index (χ4v) is 1.70. The molecule has 0 bridgehead atoms. The van der Waals surface area contributed by atoms with Crippen LogP contribution in [-0.2, 0) is 23.9 Å². The molecule has 25 heavy (non-hydrogen) atoms. The van der Waals surface area contributed by atoms with Crippen molar-refractivity contribution in [2.45, 2.75) is 6.92 Å². The van der Waals surface area contributed by atoms with Crippen molar-refractivity contribution < 1.29 is 33.7 Å². The third-order valence-electron chi connectivity index (χ3n) is 2.70. The van der Waals surface area contributed by atoms with Crippen LogP contribution >= 0.6 is 0 Å². The Kier molecular flexibility index (Phi) is 9.64. The van der Waals surface area contributed by atoms with E-state index in [-0.39, 0.29) is 12.5 Å². The van der Waals surface area contributed by atoms with Gasteiger partial charge in [0.25, 0.3) is 0 Å². The SMILES string of the molecule is CC(=O)Nc1ccc(OCCOCCNC(=O)COCC(=O)O)cc1. The van der Waals surface area contributed by atoms with Crippen molar-refractivity contribution >= 4 is 23.5 Å². The zero-order chi connectivity index (χ0) is 18.5. The van der Waals surface area contributed by atoms with Crippen LogP contribution in [0.3, 0.4) is 0 Å². The van der Waals surface area contributed by atoms with Crippen molar-refractivity contribution in [1.29, 1.82) is 0 Å². The first-order valence-corrected chi connectivity index (χ1v) is 7.62. The summed E-state index contributed by atoms with van der Waals surface area (Å²) in [6.45, 7) is 1.91. The zero-order valence-corrected chi connectivity index (χ0v) is 13.9. The highest BCUT2D eigenvalue weighted by molar-refractivity contribution is 5.88. The van der Waals surface area contributed by atoms with Gasteiger partial charge in [0.05, 0.1) is 13.2 Å². The molecule has 1 aromatic rings. The number of anilines is 1. The number of amides is 2. The largest absolute Gasteiger partial charge is 0.491 e. The Balaban J connectivity index is 2.02. The van der Waals surface area contributed by atoms with Crippen molar-refractivity contribution in [3.05, 3.63) is 24.3 Å². The maximum atomic E-state index is 11.3. The molecule has 0 saturated carbocycles. The average molecular weight is 354 g/mol. The highest BCUT2D eigenvalue weighted by Crippen LogP contribution is 2.15. The molecule has 0 saturated heterocycles. The van der Waals surface area contributed by atoms with Gasteiger partial charge in [-0.15, -0.1) is 0 Å². The van der Waals surface area contributed by atoms with Crippen LogP contribution < -0.4 is 15.4 Å². The number of hydrogen-bond acceptors (Lipinski definition) is 6. The number of carboxylic acid groups (broad SMARTS) is 1. The van der Waals surface area contributed by atoms with Gasteiger partial charge < -0.3 is 30.0 Å². The molecule has 1 rings (SSSR count). The fourth-order valence-electron chi connectivity index (χ4n) is 1.70. The third kappa shape index (κ3) is 10.7. The van der Waals surface area contributed by atoms with Crippen LogP contribution in [0.5, 0.6) is 5.75 Å². The van der Waals surface area contributed by atoms with Crippen molar-refractivity contribution in [3.8, 4) is 5.75 Å². The van der Waals surface area contributed by atoms with E-state index in [1.165, 1.54) is 6.92 Å². The first-order valence-electron chi connectivity index (χ1n) is 7.62. The van der Waals surface area contributed by atoms with Gasteiger partial charge in [0.15, 0.2) is 0 Å². The molecule has 1 aromatic carbocycles. The van der Waals surface area contributed by atoms with E-state index in [2.05, 4.69) is 15.4 Å². The van der Waals surface area contributed by atoms with Crippen LogP contribution in [0.25, 0.3) is 0 Å². The molecule has 0 radical (unpaired) electrons. The van der Waals surface area contributed by atoms with E-state index in [1.54, 1.807) is 24.3 Å². The van der Waals surface area contributed by atoms with E-state index in [9.17, 15) is 14.4 Å². The molecule has 0 heterocycles. The monoisotopic (exact) mass is 354 g/mol. The minimum Gasteiger partial charge on any atom is -0.491 e. The topological polar surface area (TPSA) is 123 Å². The summed E-state index contributed by atoms with van der Waals surface area (Å²) in [6, 6.07) is 6.95. The number of ether oxygens (including phenoxy) is 3. The molecule has 2 amide bonds. The van der Waals surface area contributed by atoms with Crippen LogP contribution in [-0.4, -0.2) is 62.5 Å². The van der Waals surface area contributed by atoms with Crippen molar-refractivity contribution in [1.82, 2.24) is 5.32 Å². The van der Waals surface area contributed by atoms with E-state index in [1.807, 2.05) is 0 Å². The van der Waals surface area contributed by atoms with Crippen LogP contribution in [0.4, 0.5) is 5.69 Å². The minimum absolute atomic E-state index is 0.136. The van der Waals surface area contributed by atoms with Crippen molar-refractivity contribution in [2.75, 3.05) is 44.9 Å². The second-order valence-electron chi connectivity index (χ2n) is 4.90. The third-order valence-corrected chi connectivity index (χ3v) is 2.70. The number of hydrogen-bond donors (Lipinski definition) is 3. The van der Waals surface area contributed by atoms with Gasteiger partial charge in [-0.3, -0.25) is 9.59 Å². The number of aliphatic carboxylic acids is 1. The van der Waals surface area contributed by atoms with Gasteiger partial charge in [-0.05, 0) is 24.3 Å². The lowest BCUT2D eigenvalue weighted by molar-refractivity contribution is -0.143. The Morgan fingerprint density at radius 2 is 1.72 bits per heavy atom. The maximum absolute atomic E-state index is 11.3.